The third-order valence-corrected chi connectivity index (χ3v) is 3.73. The molecule has 0 unspecified atom stereocenters. The van der Waals surface area contributed by atoms with Crippen molar-refractivity contribution in [3.8, 4) is 11.5 Å². The summed E-state index contributed by atoms with van der Waals surface area (Å²) >= 11 is 0. The predicted octanol–water partition coefficient (Wildman–Crippen LogP) is 2.20. The van der Waals surface area contributed by atoms with Gasteiger partial charge in [-0.3, -0.25) is 4.79 Å². The molecule has 1 aromatic heterocycles. The number of nitrogens with zero attached hydrogens (tertiary/aromatic N) is 3. The summed E-state index contributed by atoms with van der Waals surface area (Å²) in [6, 6.07) is 10.8. The zero-order chi connectivity index (χ0) is 18.1. The molecule has 0 saturated heterocycles. The highest BCUT2D eigenvalue weighted by Gasteiger charge is 2.19. The van der Waals surface area contributed by atoms with Crippen LogP contribution in [-0.4, -0.2) is 33.9 Å². The average Bonchev–Trinajstić information content (AvgIpc) is 3.01. The minimum absolute atomic E-state index is 0.101. The van der Waals surface area contributed by atoms with E-state index in [1.54, 1.807) is 24.3 Å². The van der Waals surface area contributed by atoms with Crippen molar-refractivity contribution in [1.82, 2.24) is 14.8 Å². The molecule has 4 rings (SSSR count). The zero-order valence-corrected chi connectivity index (χ0v) is 13.5. The van der Waals surface area contributed by atoms with Gasteiger partial charge in [0.1, 0.15) is 19.0 Å². The first-order chi connectivity index (χ1) is 12.6. The monoisotopic (exact) mass is 355 g/mol. The smallest absolute Gasteiger partial charge is 0.284 e. The number of anilines is 3. The molecule has 0 atom stereocenters. The van der Waals surface area contributed by atoms with Gasteiger partial charge in [0.25, 0.3) is 5.91 Å². The second kappa shape index (κ2) is 6.36. The molecule has 1 aliphatic rings. The molecule has 3 aromatic rings. The number of hydrogen-bond acceptors (Lipinski definition) is 7. The Kier molecular flexibility index (Phi) is 3.88. The van der Waals surface area contributed by atoms with Crippen LogP contribution in [0, 0.1) is 5.82 Å². The van der Waals surface area contributed by atoms with E-state index in [2.05, 4.69) is 15.4 Å². The number of nitrogen functional groups attached to an aromatic ring is 1. The van der Waals surface area contributed by atoms with Crippen LogP contribution in [0.1, 0.15) is 10.4 Å². The van der Waals surface area contributed by atoms with Crippen molar-refractivity contribution < 1.29 is 18.7 Å². The van der Waals surface area contributed by atoms with Crippen LogP contribution in [0.2, 0.25) is 0 Å². The van der Waals surface area contributed by atoms with Gasteiger partial charge in [-0.05, 0) is 24.3 Å². The third kappa shape index (κ3) is 2.90. The Hall–Kier alpha value is -3.62. The standard InChI is InChI=1S/C17H14FN5O3/c18-12-4-2-1-3-11(12)15(24)23-16(19)21-17(22-23)20-10-5-6-13-14(9-10)26-8-7-25-13/h1-6,9H,7-8H2,(H3,19,20,21,22). The topological polar surface area (TPSA) is 104 Å². The summed E-state index contributed by atoms with van der Waals surface area (Å²) in [5.41, 5.74) is 6.24. The maximum absolute atomic E-state index is 13.8. The van der Waals surface area contributed by atoms with Crippen molar-refractivity contribution in [1.29, 1.82) is 0 Å². The molecule has 132 valence electrons. The number of fused-ring (bicyclic) bond motifs is 1. The summed E-state index contributed by atoms with van der Waals surface area (Å²) in [5.74, 6) is -0.176. The van der Waals surface area contributed by atoms with E-state index in [9.17, 15) is 9.18 Å². The summed E-state index contributed by atoms with van der Waals surface area (Å²) in [6.45, 7) is 0.966. The van der Waals surface area contributed by atoms with Crippen LogP contribution in [0.25, 0.3) is 0 Å². The van der Waals surface area contributed by atoms with Gasteiger partial charge in [0.2, 0.25) is 11.9 Å². The van der Waals surface area contributed by atoms with Gasteiger partial charge >= 0.3 is 0 Å². The summed E-state index contributed by atoms with van der Waals surface area (Å²) in [4.78, 5) is 16.4. The molecule has 2 heterocycles. The molecule has 3 N–H and O–H groups in total. The van der Waals surface area contributed by atoms with E-state index in [1.165, 1.54) is 18.2 Å². The Balaban J connectivity index is 1.59. The Morgan fingerprint density at radius 1 is 1.15 bits per heavy atom. The minimum atomic E-state index is -0.705. The van der Waals surface area contributed by atoms with Crippen molar-refractivity contribution in [3.63, 3.8) is 0 Å². The molecule has 0 amide bonds. The van der Waals surface area contributed by atoms with E-state index in [1.807, 2.05) is 0 Å². The first kappa shape index (κ1) is 15.9. The molecular weight excluding hydrogens is 341 g/mol. The number of rotatable bonds is 3. The second-order valence-corrected chi connectivity index (χ2v) is 5.47. The Morgan fingerprint density at radius 2 is 1.92 bits per heavy atom. The van der Waals surface area contributed by atoms with E-state index in [4.69, 9.17) is 15.2 Å². The molecular formula is C17H14FN5O3. The molecule has 9 heteroatoms. The maximum atomic E-state index is 13.8. The zero-order valence-electron chi connectivity index (χ0n) is 13.5. The molecule has 1 aliphatic heterocycles. The Morgan fingerprint density at radius 3 is 2.73 bits per heavy atom. The fourth-order valence-electron chi connectivity index (χ4n) is 2.53. The lowest BCUT2D eigenvalue weighted by Crippen LogP contribution is -2.17. The molecule has 0 fully saturated rings. The van der Waals surface area contributed by atoms with Crippen LogP contribution in [0.15, 0.2) is 42.5 Å². The van der Waals surface area contributed by atoms with Crippen molar-refractivity contribution in [2.24, 2.45) is 0 Å². The number of carbonyl (C=O) groups excluding carboxylic acids is 1. The highest BCUT2D eigenvalue weighted by Crippen LogP contribution is 2.33. The van der Waals surface area contributed by atoms with Crippen molar-refractivity contribution in [2.75, 3.05) is 24.3 Å². The van der Waals surface area contributed by atoms with E-state index in [0.29, 0.717) is 30.4 Å². The predicted molar refractivity (Wildman–Crippen MR) is 91.3 cm³/mol. The van der Waals surface area contributed by atoms with Crippen LogP contribution in [-0.2, 0) is 0 Å². The fourth-order valence-corrected chi connectivity index (χ4v) is 2.53. The van der Waals surface area contributed by atoms with Crippen molar-refractivity contribution in [2.45, 2.75) is 0 Å². The number of nitrogens with two attached hydrogens (primary N) is 1. The van der Waals surface area contributed by atoms with Crippen LogP contribution >= 0.6 is 0 Å². The van der Waals surface area contributed by atoms with E-state index in [0.717, 1.165) is 4.68 Å². The minimum Gasteiger partial charge on any atom is -0.486 e. The van der Waals surface area contributed by atoms with Gasteiger partial charge in [-0.2, -0.15) is 9.67 Å². The summed E-state index contributed by atoms with van der Waals surface area (Å²) in [7, 11) is 0. The van der Waals surface area contributed by atoms with Gasteiger partial charge in [-0.1, -0.05) is 12.1 Å². The number of nitrogens with one attached hydrogen (secondary N) is 1. The normalized spacial score (nSPS) is 12.7. The number of aromatic nitrogens is 3. The van der Waals surface area contributed by atoms with Crippen LogP contribution < -0.4 is 20.5 Å². The molecule has 0 bridgehead atoms. The SMILES string of the molecule is Nc1nc(Nc2ccc3c(c2)OCCO3)nn1C(=O)c1ccccc1F. The molecule has 0 radical (unpaired) electrons. The van der Waals surface area contributed by atoms with E-state index in [-0.39, 0.29) is 17.5 Å². The number of ether oxygens (including phenoxy) is 2. The first-order valence-corrected chi connectivity index (χ1v) is 7.80. The molecule has 0 saturated carbocycles. The highest BCUT2D eigenvalue weighted by atomic mass is 19.1. The number of benzene rings is 2. The van der Waals surface area contributed by atoms with Gasteiger partial charge in [-0.25, -0.2) is 4.39 Å². The van der Waals surface area contributed by atoms with Crippen molar-refractivity contribution >= 4 is 23.5 Å². The second-order valence-electron chi connectivity index (χ2n) is 5.47. The average molecular weight is 355 g/mol. The van der Waals surface area contributed by atoms with Gasteiger partial charge in [0, 0.05) is 11.8 Å². The Bertz CT molecular complexity index is 988. The molecule has 0 spiro atoms. The van der Waals surface area contributed by atoms with Crippen molar-refractivity contribution in [3.05, 3.63) is 53.8 Å². The van der Waals surface area contributed by atoms with Gasteiger partial charge in [0.05, 0.1) is 5.56 Å². The van der Waals surface area contributed by atoms with Gasteiger partial charge in [-0.15, -0.1) is 5.10 Å². The lowest BCUT2D eigenvalue weighted by atomic mass is 10.2. The Labute approximate surface area is 147 Å². The largest absolute Gasteiger partial charge is 0.486 e. The van der Waals surface area contributed by atoms with Crippen LogP contribution in [0.3, 0.4) is 0 Å². The number of halogens is 1. The summed E-state index contributed by atoms with van der Waals surface area (Å²) in [6.07, 6.45) is 0. The lowest BCUT2D eigenvalue weighted by Gasteiger charge is -2.18. The maximum Gasteiger partial charge on any atom is 0.284 e. The van der Waals surface area contributed by atoms with E-state index >= 15 is 0 Å². The van der Waals surface area contributed by atoms with Gasteiger partial charge < -0.3 is 20.5 Å². The fraction of sp³-hybridized carbons (Fsp3) is 0.118. The lowest BCUT2D eigenvalue weighted by molar-refractivity contribution is 0.0944. The number of carbonyl (C=O) groups is 1. The quantitative estimate of drug-likeness (QED) is 0.742. The molecule has 0 aliphatic carbocycles. The van der Waals surface area contributed by atoms with Crippen LogP contribution in [0.5, 0.6) is 11.5 Å². The third-order valence-electron chi connectivity index (χ3n) is 3.73. The first-order valence-electron chi connectivity index (χ1n) is 7.80. The van der Waals surface area contributed by atoms with Gasteiger partial charge in [0.15, 0.2) is 11.5 Å². The number of hydrogen-bond donors (Lipinski definition) is 2. The molecule has 26 heavy (non-hydrogen) atoms. The van der Waals surface area contributed by atoms with E-state index < -0.39 is 11.7 Å². The summed E-state index contributed by atoms with van der Waals surface area (Å²) < 4.78 is 25.6. The highest BCUT2D eigenvalue weighted by molar-refractivity contribution is 5.97. The summed E-state index contributed by atoms with van der Waals surface area (Å²) in [5, 5.41) is 6.95. The van der Waals surface area contributed by atoms with Crippen LogP contribution in [0.4, 0.5) is 22.0 Å². The molecule has 2 aromatic carbocycles. The molecule has 8 nitrogen and oxygen atoms in total.